The van der Waals surface area contributed by atoms with Crippen LogP contribution in [0.25, 0.3) is 0 Å². The molecule has 5 aliphatic heterocycles. The minimum absolute atomic E-state index is 0.00281. The highest BCUT2D eigenvalue weighted by Crippen LogP contribution is 2.37. The number of nitrogens with zero attached hydrogens (tertiary/aromatic N) is 11. The number of nitrogens with one attached hydrogen (secondary N) is 3. The van der Waals surface area contributed by atoms with E-state index in [1.807, 2.05) is 30.3 Å². The van der Waals surface area contributed by atoms with Gasteiger partial charge in [-0.1, -0.05) is 6.07 Å². The Bertz CT molecular complexity index is 2710. The third-order valence-corrected chi connectivity index (χ3v) is 14.7. The number of piperazine rings is 1. The summed E-state index contributed by atoms with van der Waals surface area (Å²) in [5.74, 6) is -1.66. The number of alkyl halides is 3. The number of urea groups is 1. The molecule has 0 unspecified atom stereocenters. The molecule has 0 radical (unpaired) electrons. The number of amides is 5. The molecule has 9 rings (SSSR count). The standard InChI is InChI=1S/C45H53F3N14O6S/c1-56(69(2,67)68)40-35(49-15-16-50-40)27-51-39-34(45(46,47)48)26-52-43(55-39)53-30-6-8-31(9-7-30)58-19-12-32(13-20-58)59-24-22-57(23-25-59)28-29-10-17-60(18-11-29)36-5-3-4-33-38(36)42(65)62(41(33)64)61-21-14-37(63)54-44(61)66/h3-9,15-16,26,29,32H,10-14,17-25,27-28H2,1-2H3,(H,54,63,66)(H2,51,52,53,55). The maximum absolute atomic E-state index is 14.0. The molecular weight excluding hydrogens is 922 g/mol. The van der Waals surface area contributed by atoms with Crippen LogP contribution in [0.3, 0.4) is 0 Å². The average Bonchev–Trinajstić information content (AvgIpc) is 3.59. The van der Waals surface area contributed by atoms with Gasteiger partial charge < -0.3 is 25.3 Å². The average molecular weight is 975 g/mol. The molecule has 4 fully saturated rings. The smallest absolute Gasteiger partial charge is 0.371 e. The van der Waals surface area contributed by atoms with Crippen molar-refractivity contribution < 1.29 is 40.8 Å². The van der Waals surface area contributed by atoms with Gasteiger partial charge in [0.1, 0.15) is 17.1 Å². The van der Waals surface area contributed by atoms with E-state index in [2.05, 4.69) is 55.5 Å². The van der Waals surface area contributed by atoms with Crippen LogP contribution in [0.15, 0.2) is 61.1 Å². The molecule has 5 aliphatic rings. The molecule has 3 N–H and O–H groups in total. The topological polar surface area (TPSA) is 213 Å². The summed E-state index contributed by atoms with van der Waals surface area (Å²) in [6.45, 7) is 7.92. The molecule has 0 aliphatic carbocycles. The second-order valence-electron chi connectivity index (χ2n) is 17.9. The van der Waals surface area contributed by atoms with Crippen LogP contribution in [0.1, 0.15) is 64.1 Å². The molecule has 24 heteroatoms. The van der Waals surface area contributed by atoms with Crippen LogP contribution in [-0.4, -0.2) is 157 Å². The SMILES string of the molecule is CN(c1nccnc1CNc1nc(Nc2ccc(N3CCC(N4CCN(CC5CCN(c6cccc7c6C(=O)N(N6CCC(=O)NC6=O)C7=O)CC5)CC4)CC3)cc2)ncc1C(F)(F)F)S(C)(=O)=O. The highest BCUT2D eigenvalue weighted by atomic mass is 32.2. The van der Waals surface area contributed by atoms with E-state index in [9.17, 15) is 40.8 Å². The van der Waals surface area contributed by atoms with E-state index in [-0.39, 0.29) is 42.5 Å². The third kappa shape index (κ3) is 10.2. The van der Waals surface area contributed by atoms with Crippen LogP contribution in [0, 0.1) is 5.92 Å². The van der Waals surface area contributed by atoms with Crippen LogP contribution < -0.4 is 30.1 Å². The summed E-state index contributed by atoms with van der Waals surface area (Å²) < 4.78 is 67.2. The number of sulfonamides is 1. The number of imide groups is 2. The first-order valence-electron chi connectivity index (χ1n) is 22.9. The van der Waals surface area contributed by atoms with Crippen molar-refractivity contribution in [2.45, 2.75) is 50.9 Å². The second kappa shape index (κ2) is 19.4. The van der Waals surface area contributed by atoms with Crippen LogP contribution in [-0.2, 0) is 27.5 Å². The van der Waals surface area contributed by atoms with Crippen LogP contribution >= 0.6 is 0 Å². The molecule has 366 valence electrons. The van der Waals surface area contributed by atoms with E-state index >= 15 is 0 Å². The Morgan fingerprint density at radius 3 is 2.20 bits per heavy atom. The molecule has 2 aromatic heterocycles. The predicted molar refractivity (Wildman–Crippen MR) is 249 cm³/mol. The quantitative estimate of drug-likeness (QED) is 0.162. The minimum Gasteiger partial charge on any atom is -0.371 e. The minimum atomic E-state index is -4.77. The first kappa shape index (κ1) is 47.4. The van der Waals surface area contributed by atoms with Crippen molar-refractivity contribution >= 4 is 68.4 Å². The number of aromatic nitrogens is 4. The van der Waals surface area contributed by atoms with Gasteiger partial charge in [0, 0.05) is 108 Å². The van der Waals surface area contributed by atoms with Gasteiger partial charge in [0.05, 0.1) is 36.2 Å². The Balaban J connectivity index is 0.725. The number of hydrazine groups is 1. The summed E-state index contributed by atoms with van der Waals surface area (Å²) in [7, 11) is -2.43. The largest absolute Gasteiger partial charge is 0.421 e. The molecular formula is C45H53F3N14O6S. The van der Waals surface area contributed by atoms with Crippen LogP contribution in [0.5, 0.6) is 0 Å². The zero-order chi connectivity index (χ0) is 48.6. The van der Waals surface area contributed by atoms with Crippen molar-refractivity contribution in [1.82, 2.24) is 45.1 Å². The van der Waals surface area contributed by atoms with E-state index in [0.717, 1.165) is 111 Å². The molecule has 4 aromatic rings. The van der Waals surface area contributed by atoms with E-state index < -0.39 is 51.3 Å². The van der Waals surface area contributed by atoms with Gasteiger partial charge in [-0.2, -0.15) is 23.2 Å². The lowest BCUT2D eigenvalue weighted by Crippen LogP contribution is -2.58. The van der Waals surface area contributed by atoms with E-state index in [1.165, 1.54) is 19.4 Å². The van der Waals surface area contributed by atoms with Gasteiger partial charge >= 0.3 is 12.2 Å². The van der Waals surface area contributed by atoms with Crippen molar-refractivity contribution in [3.05, 3.63) is 83.4 Å². The van der Waals surface area contributed by atoms with E-state index in [0.29, 0.717) is 35.1 Å². The first-order chi connectivity index (χ1) is 33.0. The summed E-state index contributed by atoms with van der Waals surface area (Å²) in [6, 6.07) is 12.5. The fourth-order valence-electron chi connectivity index (χ4n) is 9.75. The Labute approximate surface area is 396 Å². The third-order valence-electron chi connectivity index (χ3n) is 13.6. The van der Waals surface area contributed by atoms with Crippen molar-refractivity contribution in [1.29, 1.82) is 0 Å². The number of halogens is 3. The Kier molecular flexibility index (Phi) is 13.3. The number of anilines is 6. The molecule has 2 aromatic carbocycles. The molecule has 7 heterocycles. The van der Waals surface area contributed by atoms with Crippen molar-refractivity contribution in [3.8, 4) is 0 Å². The number of hydrogen-bond acceptors (Lipinski definition) is 16. The molecule has 0 saturated carbocycles. The van der Waals surface area contributed by atoms with Gasteiger partial charge in [0.25, 0.3) is 11.8 Å². The Morgan fingerprint density at radius 1 is 0.826 bits per heavy atom. The molecule has 69 heavy (non-hydrogen) atoms. The summed E-state index contributed by atoms with van der Waals surface area (Å²) >= 11 is 0. The fourth-order valence-corrected chi connectivity index (χ4v) is 10.2. The zero-order valence-corrected chi connectivity index (χ0v) is 39.0. The number of fused-ring (bicyclic) bond motifs is 1. The van der Waals surface area contributed by atoms with Gasteiger partial charge in [-0.05, 0) is 68.0 Å². The molecule has 5 amide bonds. The predicted octanol–water partition coefficient (Wildman–Crippen LogP) is 3.99. The number of carbonyl (C=O) groups excluding carboxylic acids is 4. The lowest BCUT2D eigenvalue weighted by Gasteiger charge is -2.44. The number of rotatable bonds is 13. The second-order valence-corrected chi connectivity index (χ2v) is 19.9. The number of carbonyl (C=O) groups is 4. The van der Waals surface area contributed by atoms with E-state index in [4.69, 9.17) is 0 Å². The Morgan fingerprint density at radius 2 is 1.52 bits per heavy atom. The summed E-state index contributed by atoms with van der Waals surface area (Å²) in [5.41, 5.74) is 1.89. The summed E-state index contributed by atoms with van der Waals surface area (Å²) in [6.07, 6.45) is 3.46. The normalized spacial score (nSPS) is 19.3. The molecule has 0 bridgehead atoms. The molecule has 0 atom stereocenters. The van der Waals surface area contributed by atoms with Crippen LogP contribution in [0.2, 0.25) is 0 Å². The molecule has 4 saturated heterocycles. The molecule has 0 spiro atoms. The molecule has 20 nitrogen and oxygen atoms in total. The fraction of sp³-hybridized carbons (Fsp3) is 0.467. The Hall–Kier alpha value is -6.66. The van der Waals surface area contributed by atoms with Gasteiger partial charge in [0.2, 0.25) is 21.9 Å². The number of hydrogen-bond donors (Lipinski definition) is 3. The van der Waals surface area contributed by atoms with Crippen molar-refractivity contribution in [3.63, 3.8) is 0 Å². The van der Waals surface area contributed by atoms with E-state index in [1.54, 1.807) is 12.1 Å². The lowest BCUT2D eigenvalue weighted by molar-refractivity contribution is -0.137. The summed E-state index contributed by atoms with van der Waals surface area (Å²) in [5, 5.41) is 9.71. The first-order valence-corrected chi connectivity index (χ1v) is 24.7. The maximum Gasteiger partial charge on any atom is 0.421 e. The summed E-state index contributed by atoms with van der Waals surface area (Å²) in [4.78, 5) is 77.1. The zero-order valence-electron chi connectivity index (χ0n) is 38.2. The number of benzene rings is 2. The highest BCUT2D eigenvalue weighted by molar-refractivity contribution is 7.92. The van der Waals surface area contributed by atoms with Crippen LogP contribution in [0.4, 0.5) is 52.6 Å². The van der Waals surface area contributed by atoms with Gasteiger partial charge in [0.15, 0.2) is 5.82 Å². The van der Waals surface area contributed by atoms with Gasteiger partial charge in [-0.3, -0.25) is 33.9 Å². The van der Waals surface area contributed by atoms with Gasteiger partial charge in [-0.15, -0.1) is 0 Å². The van der Waals surface area contributed by atoms with Crippen molar-refractivity contribution in [2.75, 3.05) is 103 Å². The van der Waals surface area contributed by atoms with Crippen molar-refractivity contribution in [2.24, 2.45) is 5.92 Å². The number of piperidine rings is 2. The lowest BCUT2D eigenvalue weighted by atomic mass is 9.94. The monoisotopic (exact) mass is 974 g/mol. The maximum atomic E-state index is 14.0. The highest BCUT2D eigenvalue weighted by Gasteiger charge is 2.45. The van der Waals surface area contributed by atoms with Gasteiger partial charge in [-0.25, -0.2) is 28.2 Å².